The highest BCUT2D eigenvalue weighted by Crippen LogP contribution is 2.25. The Labute approximate surface area is 158 Å². The topological polar surface area (TPSA) is 30.8 Å². The highest BCUT2D eigenvalue weighted by Gasteiger charge is 2.28. The summed E-state index contributed by atoms with van der Waals surface area (Å²) in [6.45, 7) is 12.9. The van der Waals surface area contributed by atoms with Gasteiger partial charge in [0.25, 0.3) is 0 Å². The quantitative estimate of drug-likeness (QED) is 0.151. The van der Waals surface area contributed by atoms with Crippen molar-refractivity contribution >= 4 is 5.71 Å². The van der Waals surface area contributed by atoms with E-state index < -0.39 is 0 Å². The van der Waals surface area contributed by atoms with Crippen LogP contribution in [0.3, 0.4) is 0 Å². The Morgan fingerprint density at radius 1 is 0.680 bits per heavy atom. The Kier molecular flexibility index (Phi) is 16.7. The van der Waals surface area contributed by atoms with Crippen LogP contribution in [0.2, 0.25) is 0 Å². The van der Waals surface area contributed by atoms with Crippen molar-refractivity contribution < 1.29 is 9.47 Å². The van der Waals surface area contributed by atoms with Gasteiger partial charge in [0.2, 0.25) is 0 Å². The van der Waals surface area contributed by atoms with Crippen LogP contribution < -0.4 is 0 Å². The van der Waals surface area contributed by atoms with Crippen LogP contribution in [0.4, 0.5) is 0 Å². The van der Waals surface area contributed by atoms with Crippen LogP contribution in [0.25, 0.3) is 0 Å². The molecule has 0 rings (SSSR count). The second-order valence-corrected chi connectivity index (χ2v) is 7.24. The maximum Gasteiger partial charge on any atom is 0.167 e. The summed E-state index contributed by atoms with van der Waals surface area (Å²) in [5, 5.41) is 0. The summed E-state index contributed by atoms with van der Waals surface area (Å²) < 4.78 is 11.8. The molecule has 0 unspecified atom stereocenters. The van der Waals surface area contributed by atoms with E-state index in [1.165, 1.54) is 69.9 Å². The Morgan fingerprint density at radius 3 is 1.52 bits per heavy atom. The van der Waals surface area contributed by atoms with Gasteiger partial charge in [0, 0.05) is 31.9 Å². The first-order valence-corrected chi connectivity index (χ1v) is 10.9. The second kappa shape index (κ2) is 17.0. The van der Waals surface area contributed by atoms with Crippen molar-refractivity contribution in [3.05, 3.63) is 0 Å². The summed E-state index contributed by atoms with van der Waals surface area (Å²) >= 11 is 0. The summed E-state index contributed by atoms with van der Waals surface area (Å²) in [5.74, 6) is -0.330. The summed E-state index contributed by atoms with van der Waals surface area (Å²) in [7, 11) is 0. The van der Waals surface area contributed by atoms with Crippen molar-refractivity contribution in [2.75, 3.05) is 19.8 Å². The molecule has 0 bridgehead atoms. The van der Waals surface area contributed by atoms with Crippen molar-refractivity contribution in [2.24, 2.45) is 4.99 Å². The lowest BCUT2D eigenvalue weighted by atomic mass is 10.0. The van der Waals surface area contributed by atoms with Gasteiger partial charge < -0.3 is 9.47 Å². The van der Waals surface area contributed by atoms with Crippen molar-refractivity contribution in [2.45, 2.75) is 117 Å². The second-order valence-electron chi connectivity index (χ2n) is 7.24. The van der Waals surface area contributed by atoms with Gasteiger partial charge in [-0.2, -0.15) is 0 Å². The molecule has 0 saturated carbocycles. The standard InChI is InChI=1S/C22H45NO2/c1-6-22(24-7-2,25-8-3)19-17-15-13-11-9-10-12-14-16-18-20-23-21(4)5/h6-20H2,1-5H3. The molecule has 0 amide bonds. The molecule has 25 heavy (non-hydrogen) atoms. The molecule has 0 spiro atoms. The van der Waals surface area contributed by atoms with E-state index in [0.29, 0.717) is 0 Å². The van der Waals surface area contributed by atoms with E-state index in [9.17, 15) is 0 Å². The van der Waals surface area contributed by atoms with Gasteiger partial charge in [0.05, 0.1) is 0 Å². The van der Waals surface area contributed by atoms with Crippen LogP contribution in [0.1, 0.15) is 112 Å². The minimum atomic E-state index is -0.330. The number of rotatable bonds is 18. The minimum absolute atomic E-state index is 0.330. The van der Waals surface area contributed by atoms with Crippen LogP contribution >= 0.6 is 0 Å². The first kappa shape index (κ1) is 24.6. The molecule has 3 nitrogen and oxygen atoms in total. The monoisotopic (exact) mass is 355 g/mol. The SMILES string of the molecule is CCOC(CC)(CCCCCCCCCCCCN=C(C)C)OCC. The van der Waals surface area contributed by atoms with Crippen molar-refractivity contribution in [3.63, 3.8) is 0 Å². The van der Waals surface area contributed by atoms with Crippen LogP contribution in [-0.2, 0) is 9.47 Å². The maximum absolute atomic E-state index is 5.90. The van der Waals surface area contributed by atoms with Crippen LogP contribution in [0.15, 0.2) is 4.99 Å². The smallest absolute Gasteiger partial charge is 0.167 e. The molecule has 0 N–H and O–H groups in total. The number of aliphatic imine (C=N–C) groups is 1. The normalized spacial score (nSPS) is 11.7. The molecule has 0 aliphatic rings. The predicted octanol–water partition coefficient (Wildman–Crippen LogP) is 6.94. The molecule has 3 heteroatoms. The molecule has 0 aromatic rings. The molecule has 0 heterocycles. The fraction of sp³-hybridized carbons (Fsp3) is 0.955. The third-order valence-corrected chi connectivity index (χ3v) is 4.75. The van der Waals surface area contributed by atoms with Gasteiger partial charge >= 0.3 is 0 Å². The largest absolute Gasteiger partial charge is 0.350 e. The van der Waals surface area contributed by atoms with E-state index in [1.54, 1.807) is 0 Å². The minimum Gasteiger partial charge on any atom is -0.350 e. The highest BCUT2D eigenvalue weighted by atomic mass is 16.7. The third-order valence-electron chi connectivity index (χ3n) is 4.75. The summed E-state index contributed by atoms with van der Waals surface area (Å²) in [5.41, 5.74) is 1.21. The third kappa shape index (κ3) is 14.4. The molecule has 0 aromatic carbocycles. The number of hydrogen-bond donors (Lipinski definition) is 0. The van der Waals surface area contributed by atoms with Gasteiger partial charge in [-0.25, -0.2) is 0 Å². The van der Waals surface area contributed by atoms with Gasteiger partial charge in [-0.3, -0.25) is 4.99 Å². The average molecular weight is 356 g/mol. The Morgan fingerprint density at radius 2 is 1.12 bits per heavy atom. The van der Waals surface area contributed by atoms with E-state index in [-0.39, 0.29) is 5.79 Å². The molecular formula is C22H45NO2. The molecule has 150 valence electrons. The first-order valence-electron chi connectivity index (χ1n) is 10.9. The zero-order valence-corrected chi connectivity index (χ0v) is 17.9. The molecule has 0 fully saturated rings. The Hall–Kier alpha value is -0.410. The predicted molar refractivity (Wildman–Crippen MR) is 111 cm³/mol. The Balaban J connectivity index is 3.49. The highest BCUT2D eigenvalue weighted by molar-refractivity contribution is 5.78. The van der Waals surface area contributed by atoms with Gasteiger partial charge in [-0.15, -0.1) is 0 Å². The molecule has 0 aliphatic carbocycles. The molecule has 0 aromatic heterocycles. The molecular weight excluding hydrogens is 310 g/mol. The van der Waals surface area contributed by atoms with Gasteiger partial charge in [0.15, 0.2) is 5.79 Å². The van der Waals surface area contributed by atoms with E-state index in [0.717, 1.165) is 32.6 Å². The van der Waals surface area contributed by atoms with Crippen LogP contribution in [0.5, 0.6) is 0 Å². The molecule has 0 aliphatic heterocycles. The van der Waals surface area contributed by atoms with Crippen molar-refractivity contribution in [3.8, 4) is 0 Å². The van der Waals surface area contributed by atoms with Crippen LogP contribution in [-0.4, -0.2) is 31.3 Å². The number of nitrogens with zero attached hydrogens (tertiary/aromatic N) is 1. The maximum atomic E-state index is 5.90. The van der Waals surface area contributed by atoms with E-state index in [1.807, 2.05) is 0 Å². The van der Waals surface area contributed by atoms with Gasteiger partial charge in [-0.1, -0.05) is 58.3 Å². The zero-order chi connectivity index (χ0) is 18.8. The summed E-state index contributed by atoms with van der Waals surface area (Å²) in [6.07, 6.45) is 15.4. The molecule has 0 saturated heterocycles. The van der Waals surface area contributed by atoms with Crippen molar-refractivity contribution in [1.29, 1.82) is 0 Å². The zero-order valence-electron chi connectivity index (χ0n) is 17.9. The fourth-order valence-corrected chi connectivity index (χ4v) is 3.32. The van der Waals surface area contributed by atoms with E-state index in [4.69, 9.17) is 9.47 Å². The van der Waals surface area contributed by atoms with Gasteiger partial charge in [-0.05, 0) is 47.0 Å². The van der Waals surface area contributed by atoms with E-state index >= 15 is 0 Å². The average Bonchev–Trinajstić information content (AvgIpc) is 2.59. The Bertz CT molecular complexity index is 305. The van der Waals surface area contributed by atoms with E-state index in [2.05, 4.69) is 39.6 Å². The van der Waals surface area contributed by atoms with Crippen molar-refractivity contribution in [1.82, 2.24) is 0 Å². The first-order chi connectivity index (χ1) is 12.1. The fourth-order valence-electron chi connectivity index (χ4n) is 3.32. The lowest BCUT2D eigenvalue weighted by molar-refractivity contribution is -0.239. The lowest BCUT2D eigenvalue weighted by Gasteiger charge is -2.32. The summed E-state index contributed by atoms with van der Waals surface area (Å²) in [6, 6.07) is 0. The number of hydrogen-bond acceptors (Lipinski definition) is 3. The summed E-state index contributed by atoms with van der Waals surface area (Å²) in [4.78, 5) is 4.45. The lowest BCUT2D eigenvalue weighted by Crippen LogP contribution is -2.35. The molecule has 0 radical (unpaired) electrons. The molecule has 0 atom stereocenters. The number of unbranched alkanes of at least 4 members (excludes halogenated alkanes) is 9. The van der Waals surface area contributed by atoms with Crippen LogP contribution in [0, 0.1) is 0 Å². The van der Waals surface area contributed by atoms with Gasteiger partial charge in [0.1, 0.15) is 0 Å². The number of ether oxygens (including phenoxy) is 2.